The Morgan fingerprint density at radius 1 is 1.06 bits per heavy atom. The van der Waals surface area contributed by atoms with Crippen LogP contribution in [0.15, 0.2) is 67.4 Å². The molecule has 1 heterocycles. The summed E-state index contributed by atoms with van der Waals surface area (Å²) in [6.07, 6.45) is 12.4. The monoisotopic (exact) mass is 442 g/mol. The number of anilines is 1. The van der Waals surface area contributed by atoms with Gasteiger partial charge in [0.15, 0.2) is 0 Å². The van der Waals surface area contributed by atoms with Gasteiger partial charge in [-0.15, -0.1) is 0 Å². The Hall–Kier alpha value is -2.48. The summed E-state index contributed by atoms with van der Waals surface area (Å²) in [5.41, 5.74) is 7.92. The third kappa shape index (κ3) is 5.54. The molecule has 0 radical (unpaired) electrons. The van der Waals surface area contributed by atoms with Gasteiger partial charge in [-0.3, -0.25) is 0 Å². The van der Waals surface area contributed by atoms with Crippen molar-refractivity contribution in [1.82, 2.24) is 4.90 Å². The van der Waals surface area contributed by atoms with E-state index in [-0.39, 0.29) is 0 Å². The predicted octanol–water partition coefficient (Wildman–Crippen LogP) is 8.21. The Morgan fingerprint density at radius 2 is 1.85 bits per heavy atom. The van der Waals surface area contributed by atoms with E-state index < -0.39 is 0 Å². The van der Waals surface area contributed by atoms with Crippen LogP contribution in [0.5, 0.6) is 0 Å². The number of nitrogens with zero attached hydrogens (tertiary/aromatic N) is 1. The van der Waals surface area contributed by atoms with Crippen LogP contribution in [0, 0.1) is 5.41 Å². The van der Waals surface area contributed by atoms with Crippen LogP contribution in [0.1, 0.15) is 81.9 Å². The zero-order valence-corrected chi connectivity index (χ0v) is 20.8. The number of unbranched alkanes of at least 4 members (excludes halogenated alkanes) is 1. The molecule has 33 heavy (non-hydrogen) atoms. The first-order chi connectivity index (χ1) is 16.0. The van der Waals surface area contributed by atoms with E-state index in [0.29, 0.717) is 11.5 Å². The lowest BCUT2D eigenvalue weighted by Gasteiger charge is -2.53. The first-order valence-corrected chi connectivity index (χ1v) is 13.1. The number of piperidine rings is 1. The fraction of sp³-hybridized carbons (Fsp3) is 0.484. The maximum Gasteiger partial charge on any atom is 0.0384 e. The SMILES string of the molecule is C=C(Cc1ccccc1)Nc1ccc(C(=C)N2CCCC3(C)CCCCC23)c(CCCC)c1. The van der Waals surface area contributed by atoms with Gasteiger partial charge in [-0.1, -0.05) is 82.7 Å². The first kappa shape index (κ1) is 23.7. The molecule has 2 atom stereocenters. The fourth-order valence-electron chi connectivity index (χ4n) is 6.11. The lowest BCUT2D eigenvalue weighted by molar-refractivity contribution is 0.0292. The van der Waals surface area contributed by atoms with Crippen molar-refractivity contribution in [1.29, 1.82) is 0 Å². The van der Waals surface area contributed by atoms with Gasteiger partial charge >= 0.3 is 0 Å². The number of rotatable bonds is 9. The highest BCUT2D eigenvalue weighted by Crippen LogP contribution is 2.47. The predicted molar refractivity (Wildman–Crippen MR) is 143 cm³/mol. The third-order valence-corrected chi connectivity index (χ3v) is 7.95. The number of hydrogen-bond donors (Lipinski definition) is 1. The van der Waals surface area contributed by atoms with Crippen molar-refractivity contribution in [2.45, 2.75) is 84.1 Å². The van der Waals surface area contributed by atoms with Crippen LogP contribution < -0.4 is 5.32 Å². The van der Waals surface area contributed by atoms with Gasteiger partial charge < -0.3 is 10.2 Å². The molecule has 2 fully saturated rings. The van der Waals surface area contributed by atoms with Gasteiger partial charge in [0, 0.05) is 41.7 Å². The van der Waals surface area contributed by atoms with Crippen LogP contribution in [-0.4, -0.2) is 17.5 Å². The van der Waals surface area contributed by atoms with Crippen LogP contribution in [0.2, 0.25) is 0 Å². The summed E-state index contributed by atoms with van der Waals surface area (Å²) in [5, 5.41) is 3.57. The minimum atomic E-state index is 0.458. The second-order valence-corrected chi connectivity index (χ2v) is 10.5. The minimum Gasteiger partial charge on any atom is -0.368 e. The van der Waals surface area contributed by atoms with Gasteiger partial charge in [0.2, 0.25) is 0 Å². The topological polar surface area (TPSA) is 15.3 Å². The zero-order valence-electron chi connectivity index (χ0n) is 20.8. The molecular weight excluding hydrogens is 400 g/mol. The van der Waals surface area contributed by atoms with Gasteiger partial charge in [0.05, 0.1) is 0 Å². The molecule has 2 aliphatic rings. The molecule has 4 rings (SSSR count). The summed E-state index contributed by atoms with van der Waals surface area (Å²) in [6, 6.07) is 18.1. The Kier molecular flexibility index (Phi) is 7.63. The Labute approximate surface area is 201 Å². The smallest absolute Gasteiger partial charge is 0.0384 e. The molecule has 0 amide bonds. The number of aryl methyl sites for hydroxylation is 1. The van der Waals surface area contributed by atoms with E-state index in [2.05, 4.69) is 85.8 Å². The van der Waals surface area contributed by atoms with Crippen molar-refractivity contribution in [3.8, 4) is 0 Å². The largest absolute Gasteiger partial charge is 0.368 e. The van der Waals surface area contributed by atoms with Gasteiger partial charge in [-0.25, -0.2) is 0 Å². The lowest BCUT2D eigenvalue weighted by atomic mass is 9.66. The minimum absolute atomic E-state index is 0.458. The number of nitrogens with one attached hydrogen (secondary N) is 1. The number of allylic oxidation sites excluding steroid dienone is 1. The van der Waals surface area contributed by atoms with Gasteiger partial charge in [-0.05, 0) is 67.2 Å². The van der Waals surface area contributed by atoms with Crippen LogP contribution in [0.4, 0.5) is 5.69 Å². The lowest BCUT2D eigenvalue weighted by Crippen LogP contribution is -2.51. The van der Waals surface area contributed by atoms with Crippen molar-refractivity contribution in [3.63, 3.8) is 0 Å². The van der Waals surface area contributed by atoms with Crippen molar-refractivity contribution >= 4 is 11.4 Å². The highest BCUT2D eigenvalue weighted by atomic mass is 15.2. The fourth-order valence-corrected chi connectivity index (χ4v) is 6.11. The summed E-state index contributed by atoms with van der Waals surface area (Å²) >= 11 is 0. The van der Waals surface area contributed by atoms with Crippen LogP contribution in [0.3, 0.4) is 0 Å². The number of fused-ring (bicyclic) bond motifs is 1. The Balaban J connectivity index is 1.53. The summed E-state index contributed by atoms with van der Waals surface area (Å²) < 4.78 is 0. The van der Waals surface area contributed by atoms with Crippen LogP contribution in [0.25, 0.3) is 5.70 Å². The second-order valence-electron chi connectivity index (χ2n) is 10.5. The number of benzene rings is 2. The van der Waals surface area contributed by atoms with E-state index >= 15 is 0 Å². The van der Waals surface area contributed by atoms with Crippen molar-refractivity contribution in [3.05, 3.63) is 84.1 Å². The van der Waals surface area contributed by atoms with Crippen molar-refractivity contribution in [2.24, 2.45) is 5.41 Å². The molecule has 2 heteroatoms. The molecule has 2 aromatic carbocycles. The van der Waals surface area contributed by atoms with Crippen LogP contribution in [-0.2, 0) is 12.8 Å². The van der Waals surface area contributed by atoms with E-state index in [9.17, 15) is 0 Å². The highest BCUT2D eigenvalue weighted by Gasteiger charge is 2.42. The number of likely N-dealkylation sites (tertiary alicyclic amines) is 1. The van der Waals surface area contributed by atoms with E-state index in [0.717, 1.165) is 30.8 Å². The van der Waals surface area contributed by atoms with Crippen LogP contribution >= 0.6 is 0 Å². The maximum atomic E-state index is 4.67. The standard InChI is InChI=1S/C31H42N2/c1-5-6-15-27-23-28(32-24(2)22-26-13-8-7-9-14-26)17-18-29(27)25(3)33-21-12-20-31(4)19-11-10-16-30(31)33/h7-9,13-14,17-18,23,30,32H,2-3,5-6,10-12,15-16,19-22H2,1,4H3. The molecule has 1 aliphatic heterocycles. The van der Waals surface area contributed by atoms with E-state index in [1.54, 1.807) is 0 Å². The average molecular weight is 443 g/mol. The average Bonchev–Trinajstić information content (AvgIpc) is 2.82. The van der Waals surface area contributed by atoms with Gasteiger partial charge in [0.1, 0.15) is 0 Å². The normalized spacial score (nSPS) is 22.5. The van der Waals surface area contributed by atoms with Gasteiger partial charge in [0.25, 0.3) is 0 Å². The van der Waals surface area contributed by atoms with E-state index in [4.69, 9.17) is 0 Å². The summed E-state index contributed by atoms with van der Waals surface area (Å²) in [6.45, 7) is 14.9. The molecule has 1 saturated carbocycles. The van der Waals surface area contributed by atoms with Crippen molar-refractivity contribution in [2.75, 3.05) is 11.9 Å². The molecule has 2 unspecified atom stereocenters. The van der Waals surface area contributed by atoms with Gasteiger partial charge in [-0.2, -0.15) is 0 Å². The van der Waals surface area contributed by atoms with E-state index in [1.165, 1.54) is 73.8 Å². The maximum absolute atomic E-state index is 4.67. The van der Waals surface area contributed by atoms with Crippen molar-refractivity contribution < 1.29 is 0 Å². The third-order valence-electron chi connectivity index (χ3n) is 7.95. The molecular formula is C31H42N2. The quantitative estimate of drug-likeness (QED) is 0.421. The Morgan fingerprint density at radius 3 is 2.64 bits per heavy atom. The second kappa shape index (κ2) is 10.6. The molecule has 0 aromatic heterocycles. The molecule has 1 aliphatic carbocycles. The highest BCUT2D eigenvalue weighted by molar-refractivity contribution is 5.69. The summed E-state index contributed by atoms with van der Waals surface area (Å²) in [7, 11) is 0. The number of hydrogen-bond acceptors (Lipinski definition) is 2. The Bertz CT molecular complexity index is 956. The summed E-state index contributed by atoms with van der Waals surface area (Å²) in [4.78, 5) is 2.68. The molecule has 1 N–H and O–H groups in total. The molecule has 1 saturated heterocycles. The summed E-state index contributed by atoms with van der Waals surface area (Å²) in [5.74, 6) is 0. The molecule has 0 bridgehead atoms. The first-order valence-electron chi connectivity index (χ1n) is 13.1. The molecule has 0 spiro atoms. The molecule has 2 aromatic rings. The zero-order chi connectivity index (χ0) is 23.3. The van der Waals surface area contributed by atoms with E-state index in [1.807, 2.05) is 0 Å². The molecule has 176 valence electrons. The molecule has 2 nitrogen and oxygen atoms in total.